The molecule has 1 aliphatic carbocycles. The number of aliphatic hydroxyl groups is 1. The minimum absolute atomic E-state index is 0.350. The van der Waals surface area contributed by atoms with Crippen LogP contribution in [0.25, 0.3) is 0 Å². The Morgan fingerprint density at radius 2 is 2.06 bits per heavy atom. The van der Waals surface area contributed by atoms with Gasteiger partial charge in [0.1, 0.15) is 0 Å². The summed E-state index contributed by atoms with van der Waals surface area (Å²) in [4.78, 5) is 0. The summed E-state index contributed by atoms with van der Waals surface area (Å²) in [6.07, 6.45) is 9.67. The first-order valence-electron chi connectivity index (χ1n) is 7.17. The van der Waals surface area contributed by atoms with Crippen molar-refractivity contribution in [2.45, 2.75) is 63.9 Å². The van der Waals surface area contributed by atoms with Crippen molar-refractivity contribution in [2.24, 2.45) is 11.8 Å². The maximum atomic E-state index is 10.8. The third-order valence-corrected chi connectivity index (χ3v) is 4.82. The fraction of sp³-hybridized carbons (Fsp3) is 1.00. The highest BCUT2D eigenvalue weighted by Gasteiger charge is 2.38. The molecule has 1 heterocycles. The molecule has 2 nitrogen and oxygen atoms in total. The minimum Gasteiger partial charge on any atom is -0.390 e. The van der Waals surface area contributed by atoms with Crippen LogP contribution in [0.15, 0.2) is 0 Å². The molecule has 2 heteroatoms. The topological polar surface area (TPSA) is 32.3 Å². The van der Waals surface area contributed by atoms with Gasteiger partial charge in [0.05, 0.1) is 5.60 Å². The summed E-state index contributed by atoms with van der Waals surface area (Å²) in [6, 6.07) is 0. The number of rotatable bonds is 2. The van der Waals surface area contributed by atoms with Crippen LogP contribution in [0.5, 0.6) is 0 Å². The van der Waals surface area contributed by atoms with Gasteiger partial charge in [0.15, 0.2) is 0 Å². The molecule has 0 aromatic heterocycles. The first kappa shape index (κ1) is 12.4. The van der Waals surface area contributed by atoms with Gasteiger partial charge in [-0.2, -0.15) is 0 Å². The molecule has 3 unspecified atom stereocenters. The molecule has 0 radical (unpaired) electrons. The van der Waals surface area contributed by atoms with E-state index >= 15 is 0 Å². The van der Waals surface area contributed by atoms with Crippen LogP contribution in [0.4, 0.5) is 0 Å². The minimum atomic E-state index is -0.350. The number of hydrogen-bond acceptors (Lipinski definition) is 2. The van der Waals surface area contributed by atoms with E-state index in [0.29, 0.717) is 5.92 Å². The lowest BCUT2D eigenvalue weighted by molar-refractivity contribution is -0.0508. The van der Waals surface area contributed by atoms with Crippen LogP contribution in [0.3, 0.4) is 0 Å². The maximum Gasteiger partial charge on any atom is 0.0688 e. The molecule has 94 valence electrons. The standard InChI is InChI=1S/C14H27NO/c1-2-12-5-3-6-13(11-12)14(16)7-4-9-15-10-8-14/h12-13,15-16H,2-11H2,1H3. The van der Waals surface area contributed by atoms with E-state index in [0.717, 1.165) is 38.3 Å². The zero-order valence-corrected chi connectivity index (χ0v) is 10.7. The fourth-order valence-corrected chi connectivity index (χ4v) is 3.63. The average Bonchev–Trinajstić information content (AvgIpc) is 2.55. The molecular formula is C14H27NO. The highest BCUT2D eigenvalue weighted by atomic mass is 16.3. The first-order valence-corrected chi connectivity index (χ1v) is 7.17. The van der Waals surface area contributed by atoms with Crippen molar-refractivity contribution in [2.75, 3.05) is 13.1 Å². The van der Waals surface area contributed by atoms with Crippen LogP contribution < -0.4 is 5.32 Å². The number of hydrogen-bond donors (Lipinski definition) is 2. The summed E-state index contributed by atoms with van der Waals surface area (Å²) in [5, 5.41) is 14.3. The largest absolute Gasteiger partial charge is 0.390 e. The van der Waals surface area contributed by atoms with Crippen molar-refractivity contribution in [3.63, 3.8) is 0 Å². The van der Waals surface area contributed by atoms with E-state index in [1.807, 2.05) is 0 Å². The highest BCUT2D eigenvalue weighted by molar-refractivity contribution is 4.91. The van der Waals surface area contributed by atoms with Crippen LogP contribution in [0, 0.1) is 11.8 Å². The second-order valence-corrected chi connectivity index (χ2v) is 5.84. The Kier molecular flexibility index (Phi) is 4.26. The third kappa shape index (κ3) is 2.78. The lowest BCUT2D eigenvalue weighted by Gasteiger charge is -2.40. The smallest absolute Gasteiger partial charge is 0.0688 e. The summed E-state index contributed by atoms with van der Waals surface area (Å²) < 4.78 is 0. The molecule has 2 rings (SSSR count). The van der Waals surface area contributed by atoms with E-state index in [4.69, 9.17) is 0 Å². The molecule has 2 aliphatic rings. The molecule has 3 atom stereocenters. The Labute approximate surface area is 99.8 Å². The molecule has 16 heavy (non-hydrogen) atoms. The van der Waals surface area contributed by atoms with Gasteiger partial charge in [0.2, 0.25) is 0 Å². The highest BCUT2D eigenvalue weighted by Crippen LogP contribution is 2.41. The lowest BCUT2D eigenvalue weighted by Crippen LogP contribution is -2.41. The molecule has 0 aromatic rings. The van der Waals surface area contributed by atoms with Crippen LogP contribution in [0.1, 0.15) is 58.3 Å². The van der Waals surface area contributed by atoms with E-state index in [1.54, 1.807) is 0 Å². The van der Waals surface area contributed by atoms with Crippen molar-refractivity contribution in [1.29, 1.82) is 0 Å². The zero-order valence-electron chi connectivity index (χ0n) is 10.7. The van der Waals surface area contributed by atoms with Gasteiger partial charge in [-0.05, 0) is 57.0 Å². The van der Waals surface area contributed by atoms with E-state index < -0.39 is 0 Å². The van der Waals surface area contributed by atoms with Gasteiger partial charge in [-0.1, -0.05) is 26.2 Å². The van der Waals surface area contributed by atoms with Crippen LogP contribution in [-0.2, 0) is 0 Å². The molecule has 1 saturated carbocycles. The lowest BCUT2D eigenvalue weighted by atomic mass is 9.69. The first-order chi connectivity index (χ1) is 7.74. The third-order valence-electron chi connectivity index (χ3n) is 4.82. The molecular weight excluding hydrogens is 198 g/mol. The maximum absolute atomic E-state index is 10.8. The Morgan fingerprint density at radius 3 is 2.88 bits per heavy atom. The summed E-state index contributed by atoms with van der Waals surface area (Å²) in [7, 11) is 0. The van der Waals surface area contributed by atoms with E-state index in [-0.39, 0.29) is 5.60 Å². The summed E-state index contributed by atoms with van der Waals surface area (Å²) in [6.45, 7) is 4.39. The van der Waals surface area contributed by atoms with Gasteiger partial charge < -0.3 is 10.4 Å². The summed E-state index contributed by atoms with van der Waals surface area (Å²) >= 11 is 0. The van der Waals surface area contributed by atoms with Crippen molar-refractivity contribution < 1.29 is 5.11 Å². The van der Waals surface area contributed by atoms with Gasteiger partial charge in [0, 0.05) is 0 Å². The second-order valence-electron chi connectivity index (χ2n) is 5.84. The molecule has 1 saturated heterocycles. The predicted molar refractivity (Wildman–Crippen MR) is 67.4 cm³/mol. The van der Waals surface area contributed by atoms with E-state index in [1.165, 1.54) is 32.1 Å². The normalized spacial score (nSPS) is 41.6. The SMILES string of the molecule is CCC1CCCC(C2(O)CCCNCC2)C1. The van der Waals surface area contributed by atoms with Crippen LogP contribution in [-0.4, -0.2) is 23.8 Å². The van der Waals surface area contributed by atoms with Gasteiger partial charge >= 0.3 is 0 Å². The molecule has 0 amide bonds. The molecule has 0 spiro atoms. The van der Waals surface area contributed by atoms with Crippen LogP contribution in [0.2, 0.25) is 0 Å². The van der Waals surface area contributed by atoms with Gasteiger partial charge in [-0.25, -0.2) is 0 Å². The Bertz CT molecular complexity index is 209. The Hall–Kier alpha value is -0.0800. The Balaban J connectivity index is 1.97. The van der Waals surface area contributed by atoms with Gasteiger partial charge in [-0.3, -0.25) is 0 Å². The number of nitrogens with one attached hydrogen (secondary N) is 1. The molecule has 0 aromatic carbocycles. The molecule has 1 aliphatic heterocycles. The fourth-order valence-electron chi connectivity index (χ4n) is 3.63. The van der Waals surface area contributed by atoms with Crippen molar-refractivity contribution in [1.82, 2.24) is 5.32 Å². The molecule has 0 bridgehead atoms. The van der Waals surface area contributed by atoms with Crippen molar-refractivity contribution in [3.8, 4) is 0 Å². The predicted octanol–water partition coefficient (Wildman–Crippen LogP) is 2.71. The molecule has 2 N–H and O–H groups in total. The summed E-state index contributed by atoms with van der Waals surface area (Å²) in [5.74, 6) is 1.45. The van der Waals surface area contributed by atoms with Gasteiger partial charge in [0.25, 0.3) is 0 Å². The molecule has 2 fully saturated rings. The quantitative estimate of drug-likeness (QED) is 0.757. The Morgan fingerprint density at radius 1 is 1.19 bits per heavy atom. The zero-order chi connectivity index (χ0) is 11.4. The summed E-state index contributed by atoms with van der Waals surface area (Å²) in [5.41, 5.74) is -0.350. The van der Waals surface area contributed by atoms with Gasteiger partial charge in [-0.15, -0.1) is 0 Å². The van der Waals surface area contributed by atoms with Crippen molar-refractivity contribution >= 4 is 0 Å². The van der Waals surface area contributed by atoms with Crippen LogP contribution >= 0.6 is 0 Å². The van der Waals surface area contributed by atoms with Crippen molar-refractivity contribution in [3.05, 3.63) is 0 Å². The second kappa shape index (κ2) is 5.50. The van der Waals surface area contributed by atoms with E-state index in [9.17, 15) is 5.11 Å². The average molecular weight is 225 g/mol. The monoisotopic (exact) mass is 225 g/mol. The van der Waals surface area contributed by atoms with E-state index in [2.05, 4.69) is 12.2 Å².